The third-order valence-corrected chi connectivity index (χ3v) is 3.10. The van der Waals surface area contributed by atoms with E-state index in [2.05, 4.69) is 15.9 Å². The highest BCUT2D eigenvalue weighted by atomic mass is 79.9. The molecule has 0 spiro atoms. The Labute approximate surface area is 102 Å². The molecule has 1 aromatic carbocycles. The van der Waals surface area contributed by atoms with Crippen molar-refractivity contribution in [1.82, 2.24) is 0 Å². The van der Waals surface area contributed by atoms with Crippen LogP contribution in [0.2, 0.25) is 0 Å². The lowest BCUT2D eigenvalue weighted by molar-refractivity contribution is -0.385. The molecule has 0 fully saturated rings. The molecule has 0 atom stereocenters. The topological polar surface area (TPSA) is 43.1 Å². The number of rotatable bonds is 4. The molecule has 0 aliphatic heterocycles. The first-order valence-electron chi connectivity index (χ1n) is 4.61. The molecule has 0 aromatic heterocycles. The van der Waals surface area contributed by atoms with Gasteiger partial charge in [0.2, 0.25) is 0 Å². The van der Waals surface area contributed by atoms with E-state index in [-0.39, 0.29) is 16.5 Å². The second kappa shape index (κ2) is 5.47. The van der Waals surface area contributed by atoms with Crippen LogP contribution in [0.15, 0.2) is 16.6 Å². The van der Waals surface area contributed by atoms with Gasteiger partial charge >= 0.3 is 0 Å². The van der Waals surface area contributed by atoms with Crippen molar-refractivity contribution in [2.75, 3.05) is 0 Å². The summed E-state index contributed by atoms with van der Waals surface area (Å²) in [5, 5.41) is 10.9. The first-order valence-corrected chi connectivity index (χ1v) is 5.94. The summed E-state index contributed by atoms with van der Waals surface area (Å²) in [4.78, 5) is 10.5. The minimum Gasteiger partial charge on any atom is -0.258 e. The summed E-state index contributed by atoms with van der Waals surface area (Å²) in [7, 11) is 0. The van der Waals surface area contributed by atoms with Crippen LogP contribution in [0.5, 0.6) is 0 Å². The van der Waals surface area contributed by atoms with Crippen molar-refractivity contribution in [3.8, 4) is 0 Å². The maximum atomic E-state index is 10.9. The molecule has 5 heteroatoms. The Bertz CT molecular complexity index is 382. The SMILES string of the molecule is CCCc1c(Br)cc(CCl)cc1[N+](=O)[O-]. The molecule has 0 unspecified atom stereocenters. The third kappa shape index (κ3) is 2.92. The second-order valence-corrected chi connectivity index (χ2v) is 4.34. The monoisotopic (exact) mass is 291 g/mol. The Morgan fingerprint density at radius 2 is 2.20 bits per heavy atom. The second-order valence-electron chi connectivity index (χ2n) is 3.22. The molecule has 0 heterocycles. The lowest BCUT2D eigenvalue weighted by atomic mass is 10.1. The van der Waals surface area contributed by atoms with Gasteiger partial charge in [0.05, 0.1) is 4.92 Å². The van der Waals surface area contributed by atoms with Crippen LogP contribution in [0.4, 0.5) is 5.69 Å². The van der Waals surface area contributed by atoms with Crippen LogP contribution in [-0.4, -0.2) is 4.92 Å². The van der Waals surface area contributed by atoms with Crippen molar-refractivity contribution in [3.05, 3.63) is 37.8 Å². The normalized spacial score (nSPS) is 10.3. The Hall–Kier alpha value is -0.610. The Morgan fingerprint density at radius 1 is 1.53 bits per heavy atom. The zero-order valence-electron chi connectivity index (χ0n) is 8.30. The first-order chi connectivity index (χ1) is 7.10. The van der Waals surface area contributed by atoms with Crippen LogP contribution in [0.3, 0.4) is 0 Å². The summed E-state index contributed by atoms with van der Waals surface area (Å²) in [6, 6.07) is 3.38. The smallest absolute Gasteiger partial charge is 0.258 e. The molecule has 0 N–H and O–H groups in total. The molecule has 3 nitrogen and oxygen atoms in total. The molecular weight excluding hydrogens is 281 g/mol. The van der Waals surface area contributed by atoms with Gasteiger partial charge in [0.1, 0.15) is 0 Å². The van der Waals surface area contributed by atoms with Gasteiger partial charge in [-0.1, -0.05) is 29.3 Å². The van der Waals surface area contributed by atoms with Gasteiger partial charge in [-0.05, 0) is 18.1 Å². The van der Waals surface area contributed by atoms with Crippen molar-refractivity contribution in [3.63, 3.8) is 0 Å². The van der Waals surface area contributed by atoms with Crippen molar-refractivity contribution in [2.45, 2.75) is 25.6 Å². The third-order valence-electron chi connectivity index (χ3n) is 2.08. The lowest BCUT2D eigenvalue weighted by Crippen LogP contribution is -1.98. The fourth-order valence-electron chi connectivity index (χ4n) is 1.41. The van der Waals surface area contributed by atoms with E-state index in [1.165, 1.54) is 0 Å². The van der Waals surface area contributed by atoms with E-state index in [1.54, 1.807) is 6.07 Å². The highest BCUT2D eigenvalue weighted by Crippen LogP contribution is 2.30. The molecule has 0 aliphatic rings. The number of nitro groups is 1. The van der Waals surface area contributed by atoms with Crippen LogP contribution < -0.4 is 0 Å². The lowest BCUT2D eigenvalue weighted by Gasteiger charge is -2.06. The van der Waals surface area contributed by atoms with Crippen molar-refractivity contribution < 1.29 is 4.92 Å². The average molecular weight is 293 g/mol. The van der Waals surface area contributed by atoms with Crippen LogP contribution >= 0.6 is 27.5 Å². The summed E-state index contributed by atoms with van der Waals surface area (Å²) in [6.45, 7) is 1.99. The summed E-state index contributed by atoms with van der Waals surface area (Å²) >= 11 is 9.01. The molecule has 82 valence electrons. The molecule has 15 heavy (non-hydrogen) atoms. The van der Waals surface area contributed by atoms with E-state index in [4.69, 9.17) is 11.6 Å². The number of hydrogen-bond acceptors (Lipinski definition) is 2. The number of benzene rings is 1. The predicted octanol–water partition coefficient (Wildman–Crippen LogP) is 4.05. The quantitative estimate of drug-likeness (QED) is 0.477. The van der Waals surface area contributed by atoms with Crippen molar-refractivity contribution >= 4 is 33.2 Å². The Morgan fingerprint density at radius 3 is 2.67 bits per heavy atom. The number of nitro benzene ring substituents is 1. The van der Waals surface area contributed by atoms with Crippen molar-refractivity contribution in [2.24, 2.45) is 0 Å². The molecule has 0 amide bonds. The Balaban J connectivity index is 3.28. The standard InChI is InChI=1S/C10H11BrClNO2/c1-2-3-8-9(11)4-7(6-12)5-10(8)13(14)15/h4-5H,2-3,6H2,1H3. The summed E-state index contributed by atoms with van der Waals surface area (Å²) < 4.78 is 0.772. The number of nitrogens with zero attached hydrogens (tertiary/aromatic N) is 1. The molecular formula is C10H11BrClNO2. The van der Waals surface area contributed by atoms with Gasteiger partial charge in [-0.15, -0.1) is 11.6 Å². The fraction of sp³-hybridized carbons (Fsp3) is 0.400. The van der Waals surface area contributed by atoms with Gasteiger partial charge < -0.3 is 0 Å². The summed E-state index contributed by atoms with van der Waals surface area (Å²) in [5.41, 5.74) is 1.66. The highest BCUT2D eigenvalue weighted by Gasteiger charge is 2.17. The number of halogens is 2. The van der Waals surface area contributed by atoms with Gasteiger partial charge in [0, 0.05) is 22.0 Å². The van der Waals surface area contributed by atoms with Gasteiger partial charge in [-0.3, -0.25) is 10.1 Å². The first kappa shape index (κ1) is 12.5. The maximum Gasteiger partial charge on any atom is 0.274 e. The highest BCUT2D eigenvalue weighted by molar-refractivity contribution is 9.10. The van der Waals surface area contributed by atoms with Crippen LogP contribution in [-0.2, 0) is 12.3 Å². The molecule has 1 aromatic rings. The summed E-state index contributed by atoms with van der Waals surface area (Å²) in [6.07, 6.45) is 1.57. The van der Waals surface area contributed by atoms with E-state index >= 15 is 0 Å². The van der Waals surface area contributed by atoms with E-state index in [0.29, 0.717) is 6.42 Å². The van der Waals surface area contributed by atoms with Crippen LogP contribution in [0.25, 0.3) is 0 Å². The maximum absolute atomic E-state index is 10.9. The fourth-order valence-corrected chi connectivity index (χ4v) is 2.26. The minimum atomic E-state index is -0.355. The molecule has 1 rings (SSSR count). The molecule has 0 saturated heterocycles. The zero-order valence-corrected chi connectivity index (χ0v) is 10.6. The average Bonchev–Trinajstić information content (AvgIpc) is 2.20. The largest absolute Gasteiger partial charge is 0.274 e. The van der Waals surface area contributed by atoms with Gasteiger partial charge in [-0.2, -0.15) is 0 Å². The zero-order chi connectivity index (χ0) is 11.4. The van der Waals surface area contributed by atoms with Gasteiger partial charge in [-0.25, -0.2) is 0 Å². The minimum absolute atomic E-state index is 0.155. The molecule has 0 aliphatic carbocycles. The predicted molar refractivity (Wildman–Crippen MR) is 64.3 cm³/mol. The number of hydrogen-bond donors (Lipinski definition) is 0. The number of alkyl halides is 1. The molecule has 0 bridgehead atoms. The molecule has 0 saturated carbocycles. The van der Waals surface area contributed by atoms with E-state index in [0.717, 1.165) is 22.0 Å². The van der Waals surface area contributed by atoms with E-state index in [1.807, 2.05) is 13.0 Å². The van der Waals surface area contributed by atoms with Crippen LogP contribution in [0, 0.1) is 10.1 Å². The van der Waals surface area contributed by atoms with Crippen LogP contribution in [0.1, 0.15) is 24.5 Å². The van der Waals surface area contributed by atoms with Gasteiger partial charge in [0.25, 0.3) is 5.69 Å². The molecule has 0 radical (unpaired) electrons. The summed E-state index contributed by atoms with van der Waals surface area (Å²) in [5.74, 6) is 0.284. The Kier molecular flexibility index (Phi) is 4.54. The van der Waals surface area contributed by atoms with Crippen molar-refractivity contribution in [1.29, 1.82) is 0 Å². The van der Waals surface area contributed by atoms with E-state index < -0.39 is 0 Å². The van der Waals surface area contributed by atoms with E-state index in [9.17, 15) is 10.1 Å². The van der Waals surface area contributed by atoms with Gasteiger partial charge in [0.15, 0.2) is 0 Å².